The molecule has 0 aromatic heterocycles. The summed E-state index contributed by atoms with van der Waals surface area (Å²) in [6.07, 6.45) is 6.60. The van der Waals surface area contributed by atoms with E-state index in [1.54, 1.807) is 0 Å². The Bertz CT molecular complexity index is 198. The molecule has 0 amide bonds. The highest BCUT2D eigenvalue weighted by Crippen LogP contribution is 2.23. The van der Waals surface area contributed by atoms with Crippen LogP contribution in [0.3, 0.4) is 0 Å². The molecule has 0 spiro atoms. The third-order valence-electron chi connectivity index (χ3n) is 2.46. The summed E-state index contributed by atoms with van der Waals surface area (Å²) in [7, 11) is 1.34. The van der Waals surface area contributed by atoms with E-state index in [1.165, 1.54) is 7.11 Å². The largest absolute Gasteiger partial charge is 0.469 e. The van der Waals surface area contributed by atoms with Crippen molar-refractivity contribution in [3.63, 3.8) is 0 Å². The fourth-order valence-corrected chi connectivity index (χ4v) is 1.59. The predicted octanol–water partition coefficient (Wildman–Crippen LogP) is 1.27. The van der Waals surface area contributed by atoms with Gasteiger partial charge >= 0.3 is 5.97 Å². The zero-order chi connectivity index (χ0) is 9.68. The van der Waals surface area contributed by atoms with E-state index in [0.717, 1.165) is 19.3 Å². The number of methoxy groups -OCH3 is 1. The van der Waals surface area contributed by atoms with Crippen molar-refractivity contribution in [1.29, 1.82) is 0 Å². The molecule has 1 N–H and O–H groups in total. The summed E-state index contributed by atoms with van der Waals surface area (Å²) in [6, 6.07) is 0. The number of aliphatic hydroxyl groups excluding tert-OH is 1. The van der Waals surface area contributed by atoms with Crippen molar-refractivity contribution < 1.29 is 14.6 Å². The van der Waals surface area contributed by atoms with Crippen LogP contribution in [-0.2, 0) is 9.53 Å². The molecule has 0 fully saturated rings. The molecule has 0 aromatic rings. The lowest BCUT2D eigenvalue weighted by Gasteiger charge is -2.22. The van der Waals surface area contributed by atoms with Crippen LogP contribution in [0.15, 0.2) is 12.2 Å². The fourth-order valence-electron chi connectivity index (χ4n) is 1.59. The first-order valence-electron chi connectivity index (χ1n) is 4.64. The van der Waals surface area contributed by atoms with Crippen LogP contribution in [0.4, 0.5) is 0 Å². The highest BCUT2D eigenvalue weighted by molar-refractivity contribution is 5.69. The molecule has 0 bridgehead atoms. The van der Waals surface area contributed by atoms with Gasteiger partial charge in [-0.3, -0.25) is 4.79 Å². The van der Waals surface area contributed by atoms with Crippen molar-refractivity contribution >= 4 is 5.97 Å². The van der Waals surface area contributed by atoms with Gasteiger partial charge < -0.3 is 9.84 Å². The van der Waals surface area contributed by atoms with Gasteiger partial charge in [0.15, 0.2) is 0 Å². The summed E-state index contributed by atoms with van der Waals surface area (Å²) in [5, 5.41) is 9.64. The SMILES string of the molecule is COC(=O)CC(O)C1CC=CCC1. The van der Waals surface area contributed by atoms with Gasteiger partial charge in [0.2, 0.25) is 0 Å². The Balaban J connectivity index is 2.33. The Labute approximate surface area is 78.4 Å². The van der Waals surface area contributed by atoms with Gasteiger partial charge in [-0.15, -0.1) is 0 Å². The van der Waals surface area contributed by atoms with E-state index >= 15 is 0 Å². The lowest BCUT2D eigenvalue weighted by atomic mass is 9.88. The molecule has 0 radical (unpaired) electrons. The third-order valence-corrected chi connectivity index (χ3v) is 2.46. The number of ether oxygens (including phenoxy) is 1. The maximum absolute atomic E-state index is 10.9. The van der Waals surface area contributed by atoms with Gasteiger partial charge in [0.05, 0.1) is 19.6 Å². The number of carbonyl (C=O) groups is 1. The minimum absolute atomic E-state index is 0.120. The van der Waals surface area contributed by atoms with Crippen LogP contribution in [0.2, 0.25) is 0 Å². The molecule has 2 unspecified atom stereocenters. The Morgan fingerprint density at radius 3 is 3.00 bits per heavy atom. The topological polar surface area (TPSA) is 46.5 Å². The van der Waals surface area contributed by atoms with Crippen LogP contribution in [0.25, 0.3) is 0 Å². The maximum Gasteiger partial charge on any atom is 0.308 e. The summed E-state index contributed by atoms with van der Waals surface area (Å²) < 4.78 is 4.49. The van der Waals surface area contributed by atoms with Crippen LogP contribution >= 0.6 is 0 Å². The van der Waals surface area contributed by atoms with Crippen LogP contribution in [-0.4, -0.2) is 24.3 Å². The average Bonchev–Trinajstić information content (AvgIpc) is 2.19. The van der Waals surface area contributed by atoms with Gasteiger partial charge in [-0.1, -0.05) is 12.2 Å². The number of allylic oxidation sites excluding steroid dienone is 2. The molecule has 0 saturated carbocycles. The second-order valence-electron chi connectivity index (χ2n) is 3.39. The molecule has 0 aromatic carbocycles. The van der Waals surface area contributed by atoms with Crippen molar-refractivity contribution in [3.8, 4) is 0 Å². The lowest BCUT2D eigenvalue weighted by Crippen LogP contribution is -2.24. The highest BCUT2D eigenvalue weighted by atomic mass is 16.5. The minimum Gasteiger partial charge on any atom is -0.469 e. The molecule has 1 aliphatic rings. The summed E-state index contributed by atoms with van der Waals surface area (Å²) >= 11 is 0. The van der Waals surface area contributed by atoms with Gasteiger partial charge in [0, 0.05) is 0 Å². The number of carbonyl (C=O) groups excluding carboxylic acids is 1. The average molecular weight is 184 g/mol. The monoisotopic (exact) mass is 184 g/mol. The van der Waals surface area contributed by atoms with E-state index in [4.69, 9.17) is 0 Å². The van der Waals surface area contributed by atoms with Crippen LogP contribution in [0.1, 0.15) is 25.7 Å². The normalized spacial score (nSPS) is 24.0. The standard InChI is InChI=1S/C10H16O3/c1-13-10(12)7-9(11)8-5-3-2-4-6-8/h2-3,8-9,11H,4-7H2,1H3. The lowest BCUT2D eigenvalue weighted by molar-refractivity contribution is -0.143. The van der Waals surface area contributed by atoms with E-state index in [2.05, 4.69) is 16.9 Å². The van der Waals surface area contributed by atoms with Crippen LogP contribution < -0.4 is 0 Å². The summed E-state index contributed by atoms with van der Waals surface area (Å²) in [4.78, 5) is 10.9. The second kappa shape index (κ2) is 5.02. The van der Waals surface area contributed by atoms with E-state index < -0.39 is 6.10 Å². The molecule has 0 aliphatic heterocycles. The van der Waals surface area contributed by atoms with Gasteiger partial charge in [-0.25, -0.2) is 0 Å². The van der Waals surface area contributed by atoms with Gasteiger partial charge in [-0.05, 0) is 25.2 Å². The molecule has 0 heterocycles. The number of rotatable bonds is 3. The van der Waals surface area contributed by atoms with Crippen molar-refractivity contribution in [3.05, 3.63) is 12.2 Å². The fraction of sp³-hybridized carbons (Fsp3) is 0.700. The molecule has 13 heavy (non-hydrogen) atoms. The number of aliphatic hydroxyl groups is 1. The molecule has 0 saturated heterocycles. The Morgan fingerprint density at radius 1 is 1.69 bits per heavy atom. The van der Waals surface area contributed by atoms with Gasteiger partial charge in [0.25, 0.3) is 0 Å². The Kier molecular flexibility index (Phi) is 3.96. The quantitative estimate of drug-likeness (QED) is 0.530. The Hall–Kier alpha value is -0.830. The van der Waals surface area contributed by atoms with Crippen molar-refractivity contribution in [2.75, 3.05) is 7.11 Å². The second-order valence-corrected chi connectivity index (χ2v) is 3.39. The molecular formula is C10H16O3. The summed E-state index contributed by atoms with van der Waals surface area (Å²) in [5.41, 5.74) is 0. The predicted molar refractivity (Wildman–Crippen MR) is 49.1 cm³/mol. The number of hydrogen-bond donors (Lipinski definition) is 1. The van der Waals surface area contributed by atoms with E-state index in [1.807, 2.05) is 0 Å². The molecule has 3 nitrogen and oxygen atoms in total. The molecule has 1 rings (SSSR count). The number of hydrogen-bond acceptors (Lipinski definition) is 3. The number of esters is 1. The van der Waals surface area contributed by atoms with Crippen molar-refractivity contribution in [1.82, 2.24) is 0 Å². The molecule has 2 atom stereocenters. The summed E-state index contributed by atoms with van der Waals surface area (Å²) in [5.74, 6) is -0.105. The van der Waals surface area contributed by atoms with E-state index in [9.17, 15) is 9.90 Å². The first-order valence-corrected chi connectivity index (χ1v) is 4.64. The highest BCUT2D eigenvalue weighted by Gasteiger charge is 2.22. The van der Waals surface area contributed by atoms with E-state index in [-0.39, 0.29) is 18.3 Å². The van der Waals surface area contributed by atoms with Crippen molar-refractivity contribution in [2.24, 2.45) is 5.92 Å². The smallest absolute Gasteiger partial charge is 0.308 e. The molecule has 3 heteroatoms. The minimum atomic E-state index is -0.544. The summed E-state index contributed by atoms with van der Waals surface area (Å²) in [6.45, 7) is 0. The third kappa shape index (κ3) is 3.19. The Morgan fingerprint density at radius 2 is 2.46 bits per heavy atom. The van der Waals surface area contributed by atoms with Gasteiger partial charge in [-0.2, -0.15) is 0 Å². The zero-order valence-corrected chi connectivity index (χ0v) is 7.90. The maximum atomic E-state index is 10.9. The van der Waals surface area contributed by atoms with Crippen LogP contribution in [0.5, 0.6) is 0 Å². The van der Waals surface area contributed by atoms with Gasteiger partial charge in [0.1, 0.15) is 0 Å². The molecular weight excluding hydrogens is 168 g/mol. The van der Waals surface area contributed by atoms with Crippen molar-refractivity contribution in [2.45, 2.75) is 31.8 Å². The zero-order valence-electron chi connectivity index (χ0n) is 7.90. The molecule has 74 valence electrons. The first kappa shape index (κ1) is 10.3. The molecule has 1 aliphatic carbocycles. The first-order chi connectivity index (χ1) is 6.24. The van der Waals surface area contributed by atoms with Crippen LogP contribution in [0, 0.1) is 5.92 Å². The van der Waals surface area contributed by atoms with E-state index in [0.29, 0.717) is 0 Å².